The normalized spacial score (nSPS) is 21.7. The fourth-order valence-corrected chi connectivity index (χ4v) is 5.48. The highest BCUT2D eigenvalue weighted by Crippen LogP contribution is 2.55. The van der Waals surface area contributed by atoms with Crippen molar-refractivity contribution in [3.63, 3.8) is 0 Å². The van der Waals surface area contributed by atoms with Crippen molar-refractivity contribution in [1.82, 2.24) is 0 Å². The van der Waals surface area contributed by atoms with Crippen LogP contribution in [0.15, 0.2) is 30.3 Å². The first-order valence-electron chi connectivity index (χ1n) is 10.5. The van der Waals surface area contributed by atoms with E-state index in [0.717, 1.165) is 36.7 Å². The van der Waals surface area contributed by atoms with Gasteiger partial charge in [0.05, 0.1) is 32.0 Å². The molecule has 4 rings (SSSR count). The largest absolute Gasteiger partial charge is 0.465 e. The van der Waals surface area contributed by atoms with Crippen LogP contribution in [0.5, 0.6) is 0 Å². The molecular formula is C25H26O6. The molecule has 1 N–H and O–H groups in total. The first kappa shape index (κ1) is 21.2. The number of esters is 2. The molecule has 0 heterocycles. The van der Waals surface area contributed by atoms with Crippen LogP contribution in [0.3, 0.4) is 0 Å². The maximum Gasteiger partial charge on any atom is 0.337 e. The van der Waals surface area contributed by atoms with Crippen LogP contribution in [-0.2, 0) is 16.1 Å². The summed E-state index contributed by atoms with van der Waals surface area (Å²) in [6, 6.07) is 8.32. The maximum atomic E-state index is 12.3. The molecule has 0 aliphatic heterocycles. The van der Waals surface area contributed by atoms with Crippen molar-refractivity contribution in [3.8, 4) is 11.1 Å². The molecule has 3 unspecified atom stereocenters. The van der Waals surface area contributed by atoms with Gasteiger partial charge < -0.3 is 14.6 Å². The van der Waals surface area contributed by atoms with Crippen molar-refractivity contribution in [2.24, 2.45) is 11.8 Å². The lowest BCUT2D eigenvalue weighted by molar-refractivity contribution is 0.0592. The van der Waals surface area contributed by atoms with Gasteiger partial charge >= 0.3 is 11.9 Å². The lowest BCUT2D eigenvalue weighted by atomic mass is 9.77. The van der Waals surface area contributed by atoms with Crippen LogP contribution >= 0.6 is 0 Å². The van der Waals surface area contributed by atoms with Crippen molar-refractivity contribution in [1.29, 1.82) is 0 Å². The van der Waals surface area contributed by atoms with Crippen LogP contribution in [0.1, 0.15) is 73.8 Å². The van der Waals surface area contributed by atoms with Crippen LogP contribution < -0.4 is 0 Å². The summed E-state index contributed by atoms with van der Waals surface area (Å²) >= 11 is 0. The fraction of sp³-hybridized carbons (Fsp3) is 0.400. The van der Waals surface area contributed by atoms with Crippen LogP contribution in [0.4, 0.5) is 0 Å². The van der Waals surface area contributed by atoms with Crippen LogP contribution in [0.2, 0.25) is 0 Å². The average Bonchev–Trinajstić information content (AvgIpc) is 3.45. The molecule has 0 radical (unpaired) electrons. The molecule has 2 aliphatic carbocycles. The number of aldehydes is 1. The van der Waals surface area contributed by atoms with E-state index in [1.54, 1.807) is 30.3 Å². The van der Waals surface area contributed by atoms with Crippen LogP contribution in [0, 0.1) is 11.8 Å². The summed E-state index contributed by atoms with van der Waals surface area (Å²) in [6.45, 7) is -0.296. The van der Waals surface area contributed by atoms with Crippen molar-refractivity contribution in [2.45, 2.75) is 38.2 Å². The molecule has 3 atom stereocenters. The summed E-state index contributed by atoms with van der Waals surface area (Å²) in [4.78, 5) is 36.4. The SMILES string of the molecule is COC(=O)c1ccc(-c2cc(C(=O)OC)cc(C=O)c2C2CC3CCC2C3)c(CO)c1. The molecule has 162 valence electrons. The number of rotatable bonds is 6. The van der Waals surface area contributed by atoms with E-state index in [0.29, 0.717) is 34.1 Å². The predicted octanol–water partition coefficient (Wildman–Crippen LogP) is 4.14. The Balaban J connectivity index is 1.94. The minimum absolute atomic E-state index is 0.229. The third-order valence-corrected chi connectivity index (χ3v) is 6.86. The summed E-state index contributed by atoms with van der Waals surface area (Å²) in [5.41, 5.74) is 3.99. The Morgan fingerprint density at radius 1 is 1.00 bits per heavy atom. The Kier molecular flexibility index (Phi) is 5.92. The van der Waals surface area contributed by atoms with Gasteiger partial charge in [-0.2, -0.15) is 0 Å². The van der Waals surface area contributed by atoms with E-state index >= 15 is 0 Å². The predicted molar refractivity (Wildman–Crippen MR) is 114 cm³/mol. The van der Waals surface area contributed by atoms with Gasteiger partial charge in [-0.25, -0.2) is 9.59 Å². The Hall–Kier alpha value is -2.99. The van der Waals surface area contributed by atoms with Crippen molar-refractivity contribution in [2.75, 3.05) is 14.2 Å². The molecule has 2 aromatic carbocycles. The van der Waals surface area contributed by atoms with Crippen molar-refractivity contribution < 1.29 is 29.0 Å². The quantitative estimate of drug-likeness (QED) is 0.556. The molecular weight excluding hydrogens is 396 g/mol. The van der Waals surface area contributed by atoms with E-state index in [9.17, 15) is 19.5 Å². The Morgan fingerprint density at radius 3 is 2.32 bits per heavy atom. The van der Waals surface area contributed by atoms with Crippen LogP contribution in [-0.4, -0.2) is 37.6 Å². The molecule has 0 spiro atoms. The fourth-order valence-electron chi connectivity index (χ4n) is 5.48. The number of carbonyl (C=O) groups excluding carboxylic acids is 3. The van der Waals surface area contributed by atoms with Crippen molar-refractivity contribution >= 4 is 18.2 Å². The smallest absolute Gasteiger partial charge is 0.337 e. The number of aliphatic hydroxyl groups excluding tert-OH is 1. The highest BCUT2D eigenvalue weighted by Gasteiger charge is 2.42. The van der Waals surface area contributed by atoms with Crippen molar-refractivity contribution in [3.05, 3.63) is 58.1 Å². The third-order valence-electron chi connectivity index (χ3n) is 6.86. The Morgan fingerprint density at radius 2 is 1.74 bits per heavy atom. The van der Waals surface area contributed by atoms with Crippen LogP contribution in [0.25, 0.3) is 11.1 Å². The van der Waals surface area contributed by atoms with E-state index < -0.39 is 11.9 Å². The number of aliphatic hydroxyl groups is 1. The molecule has 2 aromatic rings. The average molecular weight is 422 g/mol. The second kappa shape index (κ2) is 8.63. The topological polar surface area (TPSA) is 89.9 Å². The van der Waals surface area contributed by atoms with Gasteiger partial charge in [0.25, 0.3) is 0 Å². The summed E-state index contributed by atoms with van der Waals surface area (Å²) in [5.74, 6) is 0.388. The van der Waals surface area contributed by atoms with Gasteiger partial charge in [-0.3, -0.25) is 4.79 Å². The third kappa shape index (κ3) is 3.76. The molecule has 0 aromatic heterocycles. The molecule has 31 heavy (non-hydrogen) atoms. The number of ether oxygens (including phenoxy) is 2. The number of hydrogen-bond acceptors (Lipinski definition) is 6. The number of fused-ring (bicyclic) bond motifs is 2. The molecule has 0 saturated heterocycles. The molecule has 2 bridgehead atoms. The summed E-state index contributed by atoms with van der Waals surface area (Å²) in [6.07, 6.45) is 5.35. The number of methoxy groups -OCH3 is 2. The molecule has 6 nitrogen and oxygen atoms in total. The highest BCUT2D eigenvalue weighted by atomic mass is 16.5. The summed E-state index contributed by atoms with van der Waals surface area (Å²) in [5, 5.41) is 10.1. The lowest BCUT2D eigenvalue weighted by Crippen LogP contribution is -2.14. The van der Waals surface area contributed by atoms with E-state index in [1.807, 2.05) is 0 Å². The zero-order chi connectivity index (χ0) is 22.1. The van der Waals surface area contributed by atoms with Gasteiger partial charge in [0, 0.05) is 5.56 Å². The zero-order valence-electron chi connectivity index (χ0n) is 17.7. The Bertz CT molecular complexity index is 1040. The molecule has 6 heteroatoms. The summed E-state index contributed by atoms with van der Waals surface area (Å²) in [7, 11) is 2.61. The Labute approximate surface area is 181 Å². The second-order valence-corrected chi connectivity index (χ2v) is 8.44. The number of benzene rings is 2. The minimum atomic E-state index is -0.527. The minimum Gasteiger partial charge on any atom is -0.465 e. The molecule has 2 aliphatic rings. The van der Waals surface area contributed by atoms with Gasteiger partial charge in [0.1, 0.15) is 6.29 Å². The second-order valence-electron chi connectivity index (χ2n) is 8.44. The summed E-state index contributed by atoms with van der Waals surface area (Å²) < 4.78 is 9.69. The lowest BCUT2D eigenvalue weighted by Gasteiger charge is -2.27. The first-order chi connectivity index (χ1) is 15.0. The standard InChI is InChI=1S/C25H26O6/c1-30-24(28)16-5-6-20(18(9-16)12-26)22-11-17(25(29)31-2)10-19(13-27)23(22)21-8-14-3-4-15(21)7-14/h5-6,9-11,13-15,21,26H,3-4,7-8,12H2,1-2H3. The number of carbonyl (C=O) groups is 3. The monoisotopic (exact) mass is 422 g/mol. The van der Waals surface area contributed by atoms with Gasteiger partial charge in [0.15, 0.2) is 0 Å². The first-order valence-corrected chi connectivity index (χ1v) is 10.5. The van der Waals surface area contributed by atoms with Gasteiger partial charge in [0.2, 0.25) is 0 Å². The van der Waals surface area contributed by atoms with E-state index in [1.165, 1.54) is 20.6 Å². The van der Waals surface area contributed by atoms with Gasteiger partial charge in [-0.1, -0.05) is 12.5 Å². The van der Waals surface area contributed by atoms with Gasteiger partial charge in [-0.05, 0) is 83.5 Å². The van der Waals surface area contributed by atoms with Gasteiger partial charge in [-0.15, -0.1) is 0 Å². The maximum absolute atomic E-state index is 12.3. The highest BCUT2D eigenvalue weighted by molar-refractivity contribution is 5.96. The van der Waals surface area contributed by atoms with E-state index in [2.05, 4.69) is 0 Å². The molecule has 0 amide bonds. The molecule has 2 fully saturated rings. The van der Waals surface area contributed by atoms with E-state index in [-0.39, 0.29) is 18.1 Å². The van der Waals surface area contributed by atoms with E-state index in [4.69, 9.17) is 9.47 Å². The number of hydrogen-bond donors (Lipinski definition) is 1. The molecule has 2 saturated carbocycles. The zero-order valence-corrected chi connectivity index (χ0v) is 17.7.